The van der Waals surface area contributed by atoms with Crippen LogP contribution in [0.2, 0.25) is 10.0 Å². The molecule has 26 heavy (non-hydrogen) atoms. The highest BCUT2D eigenvalue weighted by molar-refractivity contribution is 6.35. The van der Waals surface area contributed by atoms with Gasteiger partial charge < -0.3 is 5.32 Å². The molecule has 0 bridgehead atoms. The molecule has 1 N–H and O–H groups in total. The van der Waals surface area contributed by atoms with Gasteiger partial charge in [-0.3, -0.25) is 4.79 Å². The lowest BCUT2D eigenvalue weighted by Crippen LogP contribution is -2.12. The van der Waals surface area contributed by atoms with Crippen molar-refractivity contribution in [3.05, 3.63) is 82.3 Å². The fraction of sp³-hybridized carbons (Fsp3) is 0. The summed E-state index contributed by atoms with van der Waals surface area (Å²) in [6.07, 6.45) is 0. The molecule has 0 aliphatic rings. The maximum Gasteiger partial charge on any atom is 0.255 e. The molecule has 0 fully saturated rings. The van der Waals surface area contributed by atoms with Crippen LogP contribution in [0, 0.1) is 0 Å². The van der Waals surface area contributed by atoms with E-state index in [9.17, 15) is 4.79 Å². The zero-order chi connectivity index (χ0) is 18.1. The van der Waals surface area contributed by atoms with Crippen molar-refractivity contribution in [1.82, 2.24) is 15.0 Å². The zero-order valence-electron chi connectivity index (χ0n) is 13.4. The Morgan fingerprint density at radius 2 is 1.62 bits per heavy atom. The minimum atomic E-state index is -0.302. The molecule has 0 unspecified atom stereocenters. The van der Waals surface area contributed by atoms with Crippen LogP contribution in [0.1, 0.15) is 10.4 Å². The molecule has 1 amide bonds. The molecule has 0 atom stereocenters. The number of aromatic nitrogens is 3. The Kier molecular flexibility index (Phi) is 4.32. The number of carbonyl (C=O) groups is 1. The van der Waals surface area contributed by atoms with E-state index in [0.717, 1.165) is 5.69 Å². The third kappa shape index (κ3) is 3.27. The molecular weight excluding hydrogens is 371 g/mol. The van der Waals surface area contributed by atoms with Crippen LogP contribution in [0.5, 0.6) is 0 Å². The van der Waals surface area contributed by atoms with Crippen LogP contribution in [-0.2, 0) is 0 Å². The van der Waals surface area contributed by atoms with E-state index in [0.29, 0.717) is 32.3 Å². The van der Waals surface area contributed by atoms with E-state index in [-0.39, 0.29) is 5.91 Å². The number of hydrogen-bond acceptors (Lipinski definition) is 3. The smallest absolute Gasteiger partial charge is 0.255 e. The van der Waals surface area contributed by atoms with E-state index in [1.54, 1.807) is 36.4 Å². The SMILES string of the molecule is O=C(Nc1cc2nn(-c3ccccc3)nc2cc1Cl)c1cccc(Cl)c1. The largest absolute Gasteiger partial charge is 0.321 e. The first-order chi connectivity index (χ1) is 12.6. The molecule has 1 aromatic heterocycles. The Morgan fingerprint density at radius 1 is 0.885 bits per heavy atom. The number of halogens is 2. The van der Waals surface area contributed by atoms with Crippen molar-refractivity contribution in [2.75, 3.05) is 5.32 Å². The number of nitrogens with zero attached hydrogens (tertiary/aromatic N) is 3. The molecule has 0 radical (unpaired) electrons. The summed E-state index contributed by atoms with van der Waals surface area (Å²) in [6, 6.07) is 19.6. The molecule has 3 aromatic carbocycles. The first-order valence-electron chi connectivity index (χ1n) is 7.79. The Hall–Kier alpha value is -2.89. The number of anilines is 1. The van der Waals surface area contributed by atoms with Crippen molar-refractivity contribution in [3.8, 4) is 5.69 Å². The van der Waals surface area contributed by atoms with Gasteiger partial charge in [0.1, 0.15) is 11.0 Å². The number of rotatable bonds is 3. The summed E-state index contributed by atoms with van der Waals surface area (Å²) in [4.78, 5) is 13.9. The number of nitrogens with one attached hydrogen (secondary N) is 1. The number of para-hydroxylation sites is 1. The van der Waals surface area contributed by atoms with Gasteiger partial charge in [0.2, 0.25) is 0 Å². The van der Waals surface area contributed by atoms with Crippen LogP contribution < -0.4 is 5.32 Å². The van der Waals surface area contributed by atoms with Crippen molar-refractivity contribution < 1.29 is 4.79 Å². The van der Waals surface area contributed by atoms with Gasteiger partial charge in [0.15, 0.2) is 0 Å². The lowest BCUT2D eigenvalue weighted by molar-refractivity contribution is 0.102. The summed E-state index contributed by atoms with van der Waals surface area (Å²) in [5, 5.41) is 12.5. The van der Waals surface area contributed by atoms with Gasteiger partial charge in [-0.2, -0.15) is 4.80 Å². The average Bonchev–Trinajstić information content (AvgIpc) is 3.05. The highest BCUT2D eigenvalue weighted by Gasteiger charge is 2.13. The predicted octanol–water partition coefficient (Wildman–Crippen LogP) is 4.98. The number of fused-ring (bicyclic) bond motifs is 1. The van der Waals surface area contributed by atoms with Gasteiger partial charge in [0.05, 0.1) is 16.4 Å². The number of carbonyl (C=O) groups excluding carboxylic acids is 1. The summed E-state index contributed by atoms with van der Waals surface area (Å²) >= 11 is 12.2. The quantitative estimate of drug-likeness (QED) is 0.543. The highest BCUT2D eigenvalue weighted by Crippen LogP contribution is 2.27. The van der Waals surface area contributed by atoms with Gasteiger partial charge in [-0.1, -0.05) is 47.5 Å². The van der Waals surface area contributed by atoms with Crippen molar-refractivity contribution in [2.45, 2.75) is 0 Å². The summed E-state index contributed by atoms with van der Waals surface area (Å²) < 4.78 is 0. The molecule has 0 saturated heterocycles. The lowest BCUT2D eigenvalue weighted by Gasteiger charge is -2.07. The minimum absolute atomic E-state index is 0.302. The Labute approximate surface area is 159 Å². The van der Waals surface area contributed by atoms with E-state index >= 15 is 0 Å². The summed E-state index contributed by atoms with van der Waals surface area (Å²) in [5.41, 5.74) is 3.01. The van der Waals surface area contributed by atoms with Crippen LogP contribution in [0.4, 0.5) is 5.69 Å². The van der Waals surface area contributed by atoms with Crippen LogP contribution in [0.3, 0.4) is 0 Å². The summed E-state index contributed by atoms with van der Waals surface area (Å²) in [6.45, 7) is 0. The Morgan fingerprint density at radius 3 is 2.35 bits per heavy atom. The van der Waals surface area contributed by atoms with E-state index in [1.807, 2.05) is 30.3 Å². The van der Waals surface area contributed by atoms with Gasteiger partial charge in [-0.25, -0.2) is 0 Å². The number of amides is 1. The molecule has 0 spiro atoms. The topological polar surface area (TPSA) is 59.8 Å². The molecule has 128 valence electrons. The van der Waals surface area contributed by atoms with Crippen molar-refractivity contribution in [1.29, 1.82) is 0 Å². The maximum absolute atomic E-state index is 12.4. The van der Waals surface area contributed by atoms with Crippen LogP contribution in [0.15, 0.2) is 66.7 Å². The standard InChI is InChI=1S/C19H12Cl2N4O/c20-13-6-4-5-12(9-13)19(26)22-16-11-18-17(10-15(16)21)23-25(24-18)14-7-2-1-3-8-14/h1-11H,(H,22,26). The summed E-state index contributed by atoms with van der Waals surface area (Å²) in [7, 11) is 0. The second kappa shape index (κ2) is 6.78. The monoisotopic (exact) mass is 382 g/mol. The molecule has 7 heteroatoms. The molecule has 0 aliphatic heterocycles. The summed E-state index contributed by atoms with van der Waals surface area (Å²) in [5.74, 6) is -0.302. The molecule has 4 aromatic rings. The second-order valence-corrected chi connectivity index (χ2v) is 6.45. The van der Waals surface area contributed by atoms with Crippen molar-refractivity contribution >= 4 is 45.8 Å². The normalized spacial score (nSPS) is 10.8. The van der Waals surface area contributed by atoms with E-state index in [2.05, 4.69) is 15.5 Å². The molecule has 0 saturated carbocycles. The van der Waals surface area contributed by atoms with Crippen LogP contribution in [0.25, 0.3) is 16.7 Å². The molecule has 1 heterocycles. The van der Waals surface area contributed by atoms with Gasteiger partial charge in [-0.15, -0.1) is 10.2 Å². The van der Waals surface area contributed by atoms with Gasteiger partial charge >= 0.3 is 0 Å². The molecule has 4 rings (SSSR count). The average molecular weight is 383 g/mol. The first kappa shape index (κ1) is 16.6. The van der Waals surface area contributed by atoms with Gasteiger partial charge in [0, 0.05) is 10.6 Å². The predicted molar refractivity (Wildman–Crippen MR) is 103 cm³/mol. The van der Waals surface area contributed by atoms with Gasteiger partial charge in [-0.05, 0) is 42.5 Å². The van der Waals surface area contributed by atoms with E-state index in [1.165, 1.54) is 4.80 Å². The van der Waals surface area contributed by atoms with Gasteiger partial charge in [0.25, 0.3) is 5.91 Å². The minimum Gasteiger partial charge on any atom is -0.321 e. The highest BCUT2D eigenvalue weighted by atomic mass is 35.5. The number of benzene rings is 3. The third-order valence-corrected chi connectivity index (χ3v) is 4.34. The second-order valence-electron chi connectivity index (χ2n) is 5.61. The van der Waals surface area contributed by atoms with E-state index in [4.69, 9.17) is 23.2 Å². The Bertz CT molecular complexity index is 1110. The molecule has 0 aliphatic carbocycles. The fourth-order valence-electron chi connectivity index (χ4n) is 2.53. The molecule has 5 nitrogen and oxygen atoms in total. The zero-order valence-corrected chi connectivity index (χ0v) is 14.9. The van der Waals surface area contributed by atoms with Crippen LogP contribution >= 0.6 is 23.2 Å². The maximum atomic E-state index is 12.4. The van der Waals surface area contributed by atoms with E-state index < -0.39 is 0 Å². The first-order valence-corrected chi connectivity index (χ1v) is 8.55. The van der Waals surface area contributed by atoms with Crippen molar-refractivity contribution in [3.63, 3.8) is 0 Å². The Balaban J connectivity index is 1.67. The number of hydrogen-bond donors (Lipinski definition) is 1. The van der Waals surface area contributed by atoms with Crippen LogP contribution in [-0.4, -0.2) is 20.9 Å². The fourth-order valence-corrected chi connectivity index (χ4v) is 2.93. The lowest BCUT2D eigenvalue weighted by atomic mass is 10.2. The van der Waals surface area contributed by atoms with Crippen molar-refractivity contribution in [2.24, 2.45) is 0 Å². The third-order valence-electron chi connectivity index (χ3n) is 3.79. The molecular formula is C19H12Cl2N4O.